The molecule has 0 saturated carbocycles. The van der Waals surface area contributed by atoms with Crippen molar-refractivity contribution in [2.45, 2.75) is 11.5 Å². The van der Waals surface area contributed by atoms with Gasteiger partial charge in [0.2, 0.25) is 11.4 Å². The maximum Gasteiger partial charge on any atom is 0.237 e. The zero-order valence-corrected chi connectivity index (χ0v) is 41.0. The lowest BCUT2D eigenvalue weighted by molar-refractivity contribution is -0.0000137. The average molecular weight is 1060 g/mol. The Kier molecular flexibility index (Phi) is 16.6. The highest BCUT2D eigenvalue weighted by molar-refractivity contribution is 9.08. The zero-order chi connectivity index (χ0) is 45.7. The SMILES string of the molecule is [Br-].[C-]#[N+]c1c(Oc2ccc(CBr)cc2Cl)cccc1-c1ccncn1.[C-]#[N+]c1c(Oc2ccc(C[P+](c3ccccc3)(c3ccccc3)c3ccccc3)cc2Cl)cccc1-c1ccncn1. The third-order valence-corrected chi connectivity index (χ3v) is 16.2. The van der Waals surface area contributed by atoms with Gasteiger partial charge in [0, 0.05) is 28.9 Å². The van der Waals surface area contributed by atoms with Crippen molar-refractivity contribution in [1.82, 2.24) is 19.9 Å². The molecule has 0 aliphatic rings. The number of para-hydroxylation sites is 2. The lowest BCUT2D eigenvalue weighted by Crippen LogP contribution is -3.00. The predicted octanol–water partition coefficient (Wildman–Crippen LogP) is 11.7. The van der Waals surface area contributed by atoms with Crippen LogP contribution in [0.4, 0.5) is 11.4 Å². The molecule has 0 radical (unpaired) electrons. The van der Waals surface area contributed by atoms with Crippen molar-refractivity contribution in [2.75, 3.05) is 0 Å². The van der Waals surface area contributed by atoms with E-state index in [1.165, 1.54) is 28.6 Å². The molecule has 0 bridgehead atoms. The highest BCUT2D eigenvalue weighted by Gasteiger charge is 2.45. The van der Waals surface area contributed by atoms with E-state index in [-0.39, 0.29) is 17.0 Å². The number of hydrogen-bond donors (Lipinski definition) is 0. The molecule has 7 aromatic carbocycles. The van der Waals surface area contributed by atoms with Gasteiger partial charge in [-0.2, -0.15) is 0 Å². The Morgan fingerprint density at radius 2 is 0.910 bits per heavy atom. The van der Waals surface area contributed by atoms with Crippen LogP contribution in [0.2, 0.25) is 10.0 Å². The standard InChI is InChI=1S/C36H26ClN3OP.C18H11BrClN3O.BrH/c1-38-36-31(33-22-23-39-26-40-33)18-11-19-35(36)41-34-21-20-27(24-32(34)37)25-42(28-12-5-2-6-13-28,29-14-7-3-8-15-29)30-16-9-4-10-17-30;1-21-18-13(15-7-8-22-11-23-15)3-2-4-17(18)24-16-6-5-12(10-19)9-14(16)20;/h2-24,26H,25H2;2-9,11H,10H2;1H/q+1;;/p-1. The van der Waals surface area contributed by atoms with Crippen molar-refractivity contribution >= 4 is 73.7 Å². The predicted molar refractivity (Wildman–Crippen MR) is 272 cm³/mol. The van der Waals surface area contributed by atoms with Crippen molar-refractivity contribution in [3.05, 3.63) is 245 Å². The molecule has 0 fully saturated rings. The zero-order valence-electron chi connectivity index (χ0n) is 35.4. The first-order chi connectivity index (χ1) is 32.4. The Labute approximate surface area is 419 Å². The molecule has 0 aliphatic heterocycles. The summed E-state index contributed by atoms with van der Waals surface area (Å²) in [6.45, 7) is 15.4. The Bertz CT molecular complexity index is 3070. The van der Waals surface area contributed by atoms with Crippen LogP contribution in [-0.2, 0) is 11.5 Å². The first-order valence-corrected chi connectivity index (χ1v) is 24.3. The maximum absolute atomic E-state index is 7.84. The molecule has 9 aromatic rings. The summed E-state index contributed by atoms with van der Waals surface area (Å²) < 4.78 is 12.1. The van der Waals surface area contributed by atoms with E-state index in [2.05, 4.69) is 143 Å². The first-order valence-electron chi connectivity index (χ1n) is 20.5. The molecule has 67 heavy (non-hydrogen) atoms. The van der Waals surface area contributed by atoms with Crippen molar-refractivity contribution in [3.63, 3.8) is 0 Å². The normalized spacial score (nSPS) is 10.6. The van der Waals surface area contributed by atoms with Crippen molar-refractivity contribution in [3.8, 4) is 45.5 Å². The van der Waals surface area contributed by atoms with Crippen LogP contribution in [0.25, 0.3) is 32.2 Å². The van der Waals surface area contributed by atoms with Crippen LogP contribution >= 0.6 is 46.4 Å². The molecule has 0 atom stereocenters. The lowest BCUT2D eigenvalue weighted by atomic mass is 10.1. The molecule has 0 aliphatic carbocycles. The monoisotopic (exact) mass is 1060 g/mol. The van der Waals surface area contributed by atoms with Gasteiger partial charge in [-0.15, -0.1) is 0 Å². The van der Waals surface area contributed by atoms with Gasteiger partial charge < -0.3 is 26.5 Å². The molecule has 2 heterocycles. The molecule has 0 saturated heterocycles. The van der Waals surface area contributed by atoms with Gasteiger partial charge in [0.15, 0.2) is 0 Å². The second-order valence-corrected chi connectivity index (χ2v) is 19.4. The van der Waals surface area contributed by atoms with Crippen LogP contribution < -0.4 is 42.4 Å². The van der Waals surface area contributed by atoms with Gasteiger partial charge in [-0.1, -0.05) is 130 Å². The summed E-state index contributed by atoms with van der Waals surface area (Å²) in [7, 11) is -2.08. The van der Waals surface area contributed by atoms with Crippen LogP contribution in [0.1, 0.15) is 11.1 Å². The number of nitrogens with zero attached hydrogens (tertiary/aromatic N) is 6. The van der Waals surface area contributed by atoms with Crippen LogP contribution in [0.5, 0.6) is 23.0 Å². The number of ether oxygens (including phenoxy) is 2. The minimum Gasteiger partial charge on any atom is -1.00 e. The Morgan fingerprint density at radius 1 is 0.493 bits per heavy atom. The summed E-state index contributed by atoms with van der Waals surface area (Å²) >= 11 is 16.5. The maximum atomic E-state index is 7.84. The molecule has 2 aromatic heterocycles. The van der Waals surface area contributed by atoms with Gasteiger partial charge in [0.05, 0.1) is 40.7 Å². The van der Waals surface area contributed by atoms with E-state index in [4.69, 9.17) is 45.8 Å². The highest BCUT2D eigenvalue weighted by Crippen LogP contribution is 2.58. The molecule has 9 rings (SSSR count). The number of aromatic nitrogens is 4. The Hall–Kier alpha value is -6.75. The molecular weight excluding hydrogens is 1030 g/mol. The van der Waals surface area contributed by atoms with E-state index in [0.717, 1.165) is 17.3 Å². The van der Waals surface area contributed by atoms with Gasteiger partial charge in [-0.05, 0) is 96.1 Å². The van der Waals surface area contributed by atoms with Crippen LogP contribution in [0.15, 0.2) is 201 Å². The highest BCUT2D eigenvalue weighted by atomic mass is 79.9. The van der Waals surface area contributed by atoms with Crippen molar-refractivity contribution in [1.29, 1.82) is 0 Å². The summed E-state index contributed by atoms with van der Waals surface area (Å²) in [5, 5.41) is 5.62. The number of benzene rings is 7. The van der Waals surface area contributed by atoms with Crippen LogP contribution in [0, 0.1) is 13.1 Å². The quantitative estimate of drug-likeness (QED) is 0.0689. The summed E-state index contributed by atoms with van der Waals surface area (Å²) in [5.41, 5.74) is 5.62. The van der Waals surface area contributed by atoms with Gasteiger partial charge in [0.25, 0.3) is 0 Å². The van der Waals surface area contributed by atoms with Gasteiger partial charge in [-0.3, -0.25) is 0 Å². The third kappa shape index (κ3) is 11.1. The van der Waals surface area contributed by atoms with Crippen LogP contribution in [-0.4, -0.2) is 19.9 Å². The van der Waals surface area contributed by atoms with Crippen molar-refractivity contribution in [2.24, 2.45) is 0 Å². The Morgan fingerprint density at radius 3 is 1.28 bits per heavy atom. The number of rotatable bonds is 12. The molecule has 0 N–H and O–H groups in total. The van der Waals surface area contributed by atoms with E-state index in [1.54, 1.807) is 42.7 Å². The molecule has 0 amide bonds. The number of halogens is 4. The summed E-state index contributed by atoms with van der Waals surface area (Å²) in [5.74, 6) is 1.87. The fraction of sp³-hybridized carbons (Fsp3) is 0.0370. The average Bonchev–Trinajstić information content (AvgIpc) is 3.38. The topological polar surface area (TPSA) is 78.7 Å². The smallest absolute Gasteiger partial charge is 0.237 e. The van der Waals surface area contributed by atoms with E-state index in [0.29, 0.717) is 72.3 Å². The summed E-state index contributed by atoms with van der Waals surface area (Å²) in [6, 6.07) is 58.2. The minimum absolute atomic E-state index is 0. The molecule has 328 valence electrons. The fourth-order valence-corrected chi connectivity index (χ4v) is 12.5. The largest absolute Gasteiger partial charge is 1.00 e. The van der Waals surface area contributed by atoms with Gasteiger partial charge in [0.1, 0.15) is 58.8 Å². The van der Waals surface area contributed by atoms with E-state index in [9.17, 15) is 0 Å². The second kappa shape index (κ2) is 23.1. The number of hydrogen-bond acceptors (Lipinski definition) is 6. The first kappa shape index (κ1) is 48.2. The molecular formula is C54H37Br2Cl2N6O2P. The Balaban J connectivity index is 0.000000227. The van der Waals surface area contributed by atoms with Crippen LogP contribution in [0.3, 0.4) is 0 Å². The lowest BCUT2D eigenvalue weighted by Gasteiger charge is -2.28. The van der Waals surface area contributed by atoms with E-state index in [1.807, 2.05) is 48.5 Å². The molecule has 0 spiro atoms. The van der Waals surface area contributed by atoms with Crippen molar-refractivity contribution < 1.29 is 26.5 Å². The minimum atomic E-state index is -2.08. The second-order valence-electron chi connectivity index (χ2n) is 14.6. The molecule has 0 unspecified atom stereocenters. The van der Waals surface area contributed by atoms with Gasteiger partial charge in [-0.25, -0.2) is 29.6 Å². The summed E-state index contributed by atoms with van der Waals surface area (Å²) in [6.07, 6.45) is 7.00. The molecule has 8 nitrogen and oxygen atoms in total. The van der Waals surface area contributed by atoms with E-state index >= 15 is 0 Å². The number of alkyl halides is 1. The molecule has 13 heteroatoms. The third-order valence-electron chi connectivity index (χ3n) is 10.5. The van der Waals surface area contributed by atoms with E-state index < -0.39 is 7.26 Å². The fourth-order valence-electron chi connectivity index (χ4n) is 7.47. The van der Waals surface area contributed by atoms with Gasteiger partial charge >= 0.3 is 0 Å². The summed E-state index contributed by atoms with van der Waals surface area (Å²) in [4.78, 5) is 23.8.